The molecule has 0 spiro atoms. The summed E-state index contributed by atoms with van der Waals surface area (Å²) in [5.74, 6) is 1.07. The van der Waals surface area contributed by atoms with Crippen LogP contribution in [0.1, 0.15) is 18.4 Å². The molecule has 0 saturated heterocycles. The predicted molar refractivity (Wildman–Crippen MR) is 64.4 cm³/mol. The van der Waals surface area contributed by atoms with E-state index in [4.69, 9.17) is 9.47 Å². The van der Waals surface area contributed by atoms with Gasteiger partial charge in [-0.15, -0.1) is 0 Å². The number of nitrogens with one attached hydrogen (secondary N) is 1. The minimum absolute atomic E-state index is 0.143. The lowest BCUT2D eigenvalue weighted by Gasteiger charge is -2.21. The summed E-state index contributed by atoms with van der Waals surface area (Å²) in [5, 5.41) is 2.59. The van der Waals surface area contributed by atoms with Crippen molar-refractivity contribution in [2.24, 2.45) is 0 Å². The molecule has 1 aliphatic rings. The average molecular weight is 275 g/mol. The molecule has 0 amide bonds. The monoisotopic (exact) mass is 275 g/mol. The van der Waals surface area contributed by atoms with Gasteiger partial charge in [0.25, 0.3) is 0 Å². The molecule has 1 aromatic carbocycles. The summed E-state index contributed by atoms with van der Waals surface area (Å²) in [6.07, 6.45) is -3.91. The van der Waals surface area contributed by atoms with Gasteiger partial charge in [0, 0.05) is 6.54 Å². The Balaban J connectivity index is 2.05. The van der Waals surface area contributed by atoms with Crippen LogP contribution in [0.2, 0.25) is 0 Å². The van der Waals surface area contributed by atoms with Gasteiger partial charge in [-0.1, -0.05) is 6.07 Å². The molecule has 2 rings (SSSR count). The first-order chi connectivity index (χ1) is 8.92. The summed E-state index contributed by atoms with van der Waals surface area (Å²) < 4.78 is 48.5. The van der Waals surface area contributed by atoms with Gasteiger partial charge in [-0.2, -0.15) is 13.2 Å². The summed E-state index contributed by atoms with van der Waals surface area (Å²) in [7, 11) is 3.01. The molecule has 0 aromatic heterocycles. The fourth-order valence-corrected chi connectivity index (χ4v) is 1.95. The van der Waals surface area contributed by atoms with Crippen LogP contribution in [0.25, 0.3) is 0 Å². The van der Waals surface area contributed by atoms with Crippen LogP contribution in [0.3, 0.4) is 0 Å². The highest BCUT2D eigenvalue weighted by atomic mass is 19.4. The highest BCUT2D eigenvalue weighted by Gasteiger charge is 2.62. The Morgan fingerprint density at radius 3 is 2.26 bits per heavy atom. The summed E-state index contributed by atoms with van der Waals surface area (Å²) in [6, 6.07) is 5.09. The number of hydrogen-bond donors (Lipinski definition) is 1. The smallest absolute Gasteiger partial charge is 0.406 e. The van der Waals surface area contributed by atoms with Crippen LogP contribution in [-0.4, -0.2) is 25.9 Å². The third-order valence-corrected chi connectivity index (χ3v) is 3.37. The Bertz CT molecular complexity index is 456. The first-order valence-corrected chi connectivity index (χ1v) is 5.94. The van der Waals surface area contributed by atoms with Crippen LogP contribution >= 0.6 is 0 Å². The minimum Gasteiger partial charge on any atom is -0.493 e. The van der Waals surface area contributed by atoms with Gasteiger partial charge < -0.3 is 9.47 Å². The topological polar surface area (TPSA) is 30.5 Å². The molecular formula is C13H16F3NO2. The van der Waals surface area contributed by atoms with Gasteiger partial charge in [-0.3, -0.25) is 5.32 Å². The third kappa shape index (κ3) is 2.78. The first-order valence-electron chi connectivity index (χ1n) is 5.94. The minimum atomic E-state index is -4.19. The van der Waals surface area contributed by atoms with E-state index in [0.717, 1.165) is 5.56 Å². The van der Waals surface area contributed by atoms with Gasteiger partial charge >= 0.3 is 6.18 Å². The maximum absolute atomic E-state index is 12.8. The molecule has 0 atom stereocenters. The van der Waals surface area contributed by atoms with Crippen LogP contribution in [0.4, 0.5) is 13.2 Å². The van der Waals surface area contributed by atoms with Crippen molar-refractivity contribution in [1.82, 2.24) is 5.32 Å². The number of halogens is 3. The lowest BCUT2D eigenvalue weighted by molar-refractivity contribution is -0.166. The Hall–Kier alpha value is -1.43. The van der Waals surface area contributed by atoms with E-state index in [1.807, 2.05) is 0 Å². The lowest BCUT2D eigenvalue weighted by Crippen LogP contribution is -2.44. The van der Waals surface area contributed by atoms with Crippen molar-refractivity contribution in [3.8, 4) is 11.5 Å². The number of methoxy groups -OCH3 is 2. The van der Waals surface area contributed by atoms with Gasteiger partial charge in [-0.25, -0.2) is 0 Å². The van der Waals surface area contributed by atoms with Crippen LogP contribution < -0.4 is 14.8 Å². The van der Waals surface area contributed by atoms with Crippen LogP contribution in [0.15, 0.2) is 18.2 Å². The van der Waals surface area contributed by atoms with E-state index >= 15 is 0 Å². The molecule has 1 N–H and O–H groups in total. The molecule has 19 heavy (non-hydrogen) atoms. The molecule has 0 aliphatic heterocycles. The van der Waals surface area contributed by atoms with Crippen molar-refractivity contribution in [2.45, 2.75) is 31.1 Å². The van der Waals surface area contributed by atoms with E-state index in [1.54, 1.807) is 18.2 Å². The SMILES string of the molecule is COc1ccc(CNC2(C(F)(F)F)CC2)cc1OC. The van der Waals surface area contributed by atoms with Crippen molar-refractivity contribution >= 4 is 0 Å². The Morgan fingerprint density at radius 2 is 1.79 bits per heavy atom. The molecule has 1 saturated carbocycles. The Morgan fingerprint density at radius 1 is 1.16 bits per heavy atom. The van der Waals surface area contributed by atoms with Gasteiger partial charge in [0.2, 0.25) is 0 Å². The molecular weight excluding hydrogens is 259 g/mol. The molecule has 0 unspecified atom stereocenters. The van der Waals surface area contributed by atoms with Crippen molar-refractivity contribution in [3.05, 3.63) is 23.8 Å². The van der Waals surface area contributed by atoms with E-state index in [0.29, 0.717) is 11.5 Å². The molecule has 0 bridgehead atoms. The number of benzene rings is 1. The van der Waals surface area contributed by atoms with Crippen molar-refractivity contribution < 1.29 is 22.6 Å². The Kier molecular flexibility index (Phi) is 3.62. The first kappa shape index (κ1) is 14.0. The summed E-state index contributed by atoms with van der Waals surface area (Å²) >= 11 is 0. The quantitative estimate of drug-likeness (QED) is 0.896. The van der Waals surface area contributed by atoms with Crippen molar-refractivity contribution in [3.63, 3.8) is 0 Å². The fourth-order valence-electron chi connectivity index (χ4n) is 1.95. The van der Waals surface area contributed by atoms with Gasteiger partial charge in [-0.05, 0) is 30.5 Å². The van der Waals surface area contributed by atoms with E-state index in [9.17, 15) is 13.2 Å². The zero-order chi connectivity index (χ0) is 14.1. The lowest BCUT2D eigenvalue weighted by atomic mass is 10.1. The molecule has 1 aromatic rings. The highest BCUT2D eigenvalue weighted by Crippen LogP contribution is 2.49. The van der Waals surface area contributed by atoms with Crippen molar-refractivity contribution in [1.29, 1.82) is 0 Å². The molecule has 6 heteroatoms. The van der Waals surface area contributed by atoms with Crippen LogP contribution in [0, 0.1) is 0 Å². The maximum Gasteiger partial charge on any atom is 0.406 e. The van der Waals surface area contributed by atoms with E-state index in [2.05, 4.69) is 5.32 Å². The fraction of sp³-hybridized carbons (Fsp3) is 0.538. The second-order valence-corrected chi connectivity index (χ2v) is 4.62. The number of alkyl halides is 3. The number of hydrogen-bond acceptors (Lipinski definition) is 3. The second kappa shape index (κ2) is 4.92. The molecule has 1 fully saturated rings. The van der Waals surface area contributed by atoms with Gasteiger partial charge in [0.1, 0.15) is 5.54 Å². The molecule has 3 nitrogen and oxygen atoms in total. The average Bonchev–Trinajstić information content (AvgIpc) is 3.16. The van der Waals surface area contributed by atoms with E-state index in [1.165, 1.54) is 14.2 Å². The molecule has 1 aliphatic carbocycles. The maximum atomic E-state index is 12.8. The highest BCUT2D eigenvalue weighted by molar-refractivity contribution is 5.42. The largest absolute Gasteiger partial charge is 0.493 e. The zero-order valence-corrected chi connectivity index (χ0v) is 10.8. The number of ether oxygens (including phenoxy) is 2. The second-order valence-electron chi connectivity index (χ2n) is 4.62. The normalized spacial score (nSPS) is 17.1. The van der Waals surface area contributed by atoms with Crippen molar-refractivity contribution in [2.75, 3.05) is 14.2 Å². The van der Waals surface area contributed by atoms with E-state index in [-0.39, 0.29) is 19.4 Å². The molecule has 106 valence electrons. The predicted octanol–water partition coefficient (Wildman–Crippen LogP) is 2.89. The van der Waals surface area contributed by atoms with Gasteiger partial charge in [0.05, 0.1) is 14.2 Å². The zero-order valence-electron chi connectivity index (χ0n) is 10.8. The summed E-state index contributed by atoms with van der Waals surface area (Å²) in [6.45, 7) is 0.153. The Labute approximate surface area is 109 Å². The summed E-state index contributed by atoms with van der Waals surface area (Å²) in [5.41, 5.74) is -0.964. The number of rotatable bonds is 5. The van der Waals surface area contributed by atoms with Gasteiger partial charge in [0.15, 0.2) is 11.5 Å². The summed E-state index contributed by atoms with van der Waals surface area (Å²) in [4.78, 5) is 0. The standard InChI is InChI=1S/C13H16F3NO2/c1-18-10-4-3-9(7-11(10)19-2)8-17-12(5-6-12)13(14,15)16/h3-4,7,17H,5-6,8H2,1-2H3. The van der Waals surface area contributed by atoms with Crippen LogP contribution in [0.5, 0.6) is 11.5 Å². The third-order valence-electron chi connectivity index (χ3n) is 3.37. The molecule has 0 heterocycles. The van der Waals surface area contributed by atoms with E-state index < -0.39 is 11.7 Å². The van der Waals surface area contributed by atoms with Crippen LogP contribution in [-0.2, 0) is 6.54 Å². The molecule has 0 radical (unpaired) electrons.